The predicted octanol–water partition coefficient (Wildman–Crippen LogP) is 4.40. The molecule has 0 saturated heterocycles. The number of nitrogens with zero attached hydrogens (tertiary/aromatic N) is 3. The van der Waals surface area contributed by atoms with Gasteiger partial charge in [-0.3, -0.25) is 4.98 Å². The standard InChI is InChI=1S/C24H22N4O3/c1-28(18-4-2-3-16(11-18)13-25)19-5-6-20-17(8-10-31-23(20)12-19)14-27-22-15-26-9-7-21(22)24(29)30/h2-7,9,11-12,15,17,27H,8,10,14H2,1H3,(H,29,30)/t17-/m0/s1. The molecule has 31 heavy (non-hydrogen) atoms. The van der Waals surface area contributed by atoms with Gasteiger partial charge in [0.1, 0.15) is 5.75 Å². The first-order chi connectivity index (χ1) is 15.1. The number of fused-ring (bicyclic) bond motifs is 1. The maximum Gasteiger partial charge on any atom is 0.337 e. The van der Waals surface area contributed by atoms with Crippen LogP contribution in [0.5, 0.6) is 5.75 Å². The second kappa shape index (κ2) is 8.76. The Labute approximate surface area is 180 Å². The number of anilines is 3. The third-order valence-electron chi connectivity index (χ3n) is 5.50. The first-order valence-electron chi connectivity index (χ1n) is 9.98. The molecule has 4 rings (SSSR count). The summed E-state index contributed by atoms with van der Waals surface area (Å²) in [6.45, 7) is 1.18. The minimum atomic E-state index is -0.981. The highest BCUT2D eigenvalue weighted by molar-refractivity contribution is 5.93. The zero-order chi connectivity index (χ0) is 21.8. The summed E-state index contributed by atoms with van der Waals surface area (Å²) in [5.41, 5.74) is 4.30. The van der Waals surface area contributed by atoms with Gasteiger partial charge in [0.15, 0.2) is 0 Å². The van der Waals surface area contributed by atoms with Crippen LogP contribution in [0.15, 0.2) is 60.9 Å². The number of carbonyl (C=O) groups is 1. The summed E-state index contributed by atoms with van der Waals surface area (Å²) in [7, 11) is 1.95. The van der Waals surface area contributed by atoms with Crippen LogP contribution in [0, 0.1) is 11.3 Å². The molecule has 0 radical (unpaired) electrons. The summed E-state index contributed by atoms with van der Waals surface area (Å²) in [6, 6.07) is 17.2. The average molecular weight is 414 g/mol. The first-order valence-corrected chi connectivity index (χ1v) is 9.98. The smallest absolute Gasteiger partial charge is 0.337 e. The molecule has 1 aliphatic rings. The van der Waals surface area contributed by atoms with Gasteiger partial charge in [0.05, 0.1) is 35.7 Å². The number of carboxylic acid groups (broad SMARTS) is 1. The molecule has 2 aromatic carbocycles. The molecule has 156 valence electrons. The number of pyridine rings is 1. The molecule has 0 fully saturated rings. The van der Waals surface area contributed by atoms with Crippen molar-refractivity contribution in [2.75, 3.05) is 30.4 Å². The van der Waals surface area contributed by atoms with Crippen LogP contribution in [0.4, 0.5) is 17.1 Å². The largest absolute Gasteiger partial charge is 0.493 e. The van der Waals surface area contributed by atoms with E-state index in [9.17, 15) is 9.90 Å². The normalized spacial score (nSPS) is 14.6. The van der Waals surface area contributed by atoms with Crippen LogP contribution in [0.25, 0.3) is 0 Å². The van der Waals surface area contributed by atoms with Crippen molar-refractivity contribution in [3.05, 3.63) is 77.6 Å². The van der Waals surface area contributed by atoms with Gasteiger partial charge in [0.2, 0.25) is 0 Å². The highest BCUT2D eigenvalue weighted by atomic mass is 16.5. The van der Waals surface area contributed by atoms with Gasteiger partial charge in [0.25, 0.3) is 0 Å². The van der Waals surface area contributed by atoms with Crippen molar-refractivity contribution in [2.24, 2.45) is 0 Å². The number of hydrogen-bond acceptors (Lipinski definition) is 6. The molecule has 3 aromatic rings. The Morgan fingerprint density at radius 3 is 2.94 bits per heavy atom. The molecule has 7 nitrogen and oxygen atoms in total. The summed E-state index contributed by atoms with van der Waals surface area (Å²) in [4.78, 5) is 17.5. The zero-order valence-electron chi connectivity index (χ0n) is 17.1. The van der Waals surface area contributed by atoms with Gasteiger partial charge in [-0.05, 0) is 42.3 Å². The fraction of sp³-hybridized carbons (Fsp3) is 0.208. The summed E-state index contributed by atoms with van der Waals surface area (Å²) in [6.07, 6.45) is 3.85. The van der Waals surface area contributed by atoms with Crippen molar-refractivity contribution < 1.29 is 14.6 Å². The second-order valence-electron chi connectivity index (χ2n) is 7.38. The molecular weight excluding hydrogens is 392 g/mol. The van der Waals surface area contributed by atoms with Gasteiger partial charge in [0, 0.05) is 43.1 Å². The van der Waals surface area contributed by atoms with Gasteiger partial charge in [-0.25, -0.2) is 4.79 Å². The van der Waals surface area contributed by atoms with Crippen molar-refractivity contribution in [2.45, 2.75) is 12.3 Å². The molecule has 1 atom stereocenters. The molecule has 2 N–H and O–H groups in total. The van der Waals surface area contributed by atoms with Crippen molar-refractivity contribution in [3.63, 3.8) is 0 Å². The molecule has 0 bridgehead atoms. The average Bonchev–Trinajstić information content (AvgIpc) is 2.82. The highest BCUT2D eigenvalue weighted by Crippen LogP contribution is 2.38. The predicted molar refractivity (Wildman–Crippen MR) is 118 cm³/mol. The fourth-order valence-electron chi connectivity index (χ4n) is 3.76. The van der Waals surface area contributed by atoms with E-state index < -0.39 is 5.97 Å². The van der Waals surface area contributed by atoms with Crippen LogP contribution in [0.2, 0.25) is 0 Å². The Morgan fingerprint density at radius 2 is 2.13 bits per heavy atom. The molecule has 1 aromatic heterocycles. The number of nitriles is 1. The number of aromatic carboxylic acids is 1. The highest BCUT2D eigenvalue weighted by Gasteiger charge is 2.23. The maximum atomic E-state index is 11.4. The Hall–Kier alpha value is -4.05. The van der Waals surface area contributed by atoms with E-state index in [1.807, 2.05) is 42.3 Å². The molecule has 0 spiro atoms. The first kappa shape index (κ1) is 20.2. The Kier molecular flexibility index (Phi) is 5.72. The van der Waals surface area contributed by atoms with Gasteiger partial charge >= 0.3 is 5.97 Å². The third-order valence-corrected chi connectivity index (χ3v) is 5.50. The molecule has 7 heteroatoms. The number of benzene rings is 2. The molecule has 2 heterocycles. The van der Waals surface area contributed by atoms with Gasteiger partial charge in [-0.2, -0.15) is 5.26 Å². The lowest BCUT2D eigenvalue weighted by molar-refractivity contribution is 0.0697. The summed E-state index contributed by atoms with van der Waals surface area (Å²) in [5, 5.41) is 21.8. The topological polar surface area (TPSA) is 98.5 Å². The number of hydrogen-bond donors (Lipinski definition) is 2. The Bertz CT molecular complexity index is 1160. The zero-order valence-corrected chi connectivity index (χ0v) is 17.1. The fourth-order valence-corrected chi connectivity index (χ4v) is 3.76. The number of nitrogens with one attached hydrogen (secondary N) is 1. The van der Waals surface area contributed by atoms with Crippen LogP contribution >= 0.6 is 0 Å². The third kappa shape index (κ3) is 4.28. The monoisotopic (exact) mass is 414 g/mol. The number of aromatic nitrogens is 1. The van der Waals surface area contributed by atoms with Crippen molar-refractivity contribution in [1.29, 1.82) is 5.26 Å². The van der Waals surface area contributed by atoms with E-state index in [1.165, 1.54) is 18.5 Å². The summed E-state index contributed by atoms with van der Waals surface area (Å²) in [5.74, 6) is 0.0285. The Morgan fingerprint density at radius 1 is 1.29 bits per heavy atom. The maximum absolute atomic E-state index is 11.4. The summed E-state index contributed by atoms with van der Waals surface area (Å²) < 4.78 is 5.93. The van der Waals surface area contributed by atoms with Gasteiger partial charge < -0.3 is 20.1 Å². The lowest BCUT2D eigenvalue weighted by atomic mass is 9.92. The quantitative estimate of drug-likeness (QED) is 0.617. The SMILES string of the molecule is CN(c1cccc(C#N)c1)c1ccc2c(c1)OCC[C@H]2CNc1cnccc1C(=O)O. The molecule has 0 unspecified atom stereocenters. The lowest BCUT2D eigenvalue weighted by Gasteiger charge is -2.28. The van der Waals surface area contributed by atoms with E-state index in [1.54, 1.807) is 6.07 Å². The second-order valence-corrected chi connectivity index (χ2v) is 7.38. The minimum Gasteiger partial charge on any atom is -0.493 e. The van der Waals surface area contributed by atoms with Crippen LogP contribution in [0.1, 0.15) is 33.8 Å². The molecule has 0 saturated carbocycles. The minimum absolute atomic E-state index is 0.187. The van der Waals surface area contributed by atoms with E-state index in [2.05, 4.69) is 22.4 Å². The molecular formula is C24H22N4O3. The van der Waals surface area contributed by atoms with Gasteiger partial charge in [-0.1, -0.05) is 12.1 Å². The number of carboxylic acids is 1. The lowest BCUT2D eigenvalue weighted by Crippen LogP contribution is -2.22. The van der Waals surface area contributed by atoms with Crippen molar-refractivity contribution in [3.8, 4) is 11.8 Å². The van der Waals surface area contributed by atoms with E-state index in [0.717, 1.165) is 29.1 Å². The van der Waals surface area contributed by atoms with E-state index in [-0.39, 0.29) is 11.5 Å². The van der Waals surface area contributed by atoms with E-state index in [0.29, 0.717) is 24.4 Å². The van der Waals surface area contributed by atoms with Crippen molar-refractivity contribution in [1.82, 2.24) is 4.98 Å². The van der Waals surface area contributed by atoms with E-state index >= 15 is 0 Å². The van der Waals surface area contributed by atoms with Crippen LogP contribution in [-0.2, 0) is 0 Å². The molecule has 0 amide bonds. The molecule has 0 aliphatic carbocycles. The molecule has 1 aliphatic heterocycles. The van der Waals surface area contributed by atoms with E-state index in [4.69, 9.17) is 10.00 Å². The van der Waals surface area contributed by atoms with Crippen molar-refractivity contribution >= 4 is 23.0 Å². The number of ether oxygens (including phenoxy) is 1. The van der Waals surface area contributed by atoms with Gasteiger partial charge in [-0.15, -0.1) is 0 Å². The Balaban J connectivity index is 1.53. The van der Waals surface area contributed by atoms with Crippen LogP contribution in [-0.4, -0.2) is 36.3 Å². The van der Waals surface area contributed by atoms with Crippen LogP contribution in [0.3, 0.4) is 0 Å². The summed E-state index contributed by atoms with van der Waals surface area (Å²) >= 11 is 0. The van der Waals surface area contributed by atoms with Crippen LogP contribution < -0.4 is 15.0 Å². The number of rotatable bonds is 6.